The fourth-order valence-corrected chi connectivity index (χ4v) is 4.10. The average Bonchev–Trinajstić information content (AvgIpc) is 3.11. The molecular formula is C27H22N4O3. The molecule has 1 aliphatic rings. The molecule has 4 aromatic rings. The van der Waals surface area contributed by atoms with Crippen LogP contribution in [-0.2, 0) is 6.54 Å². The summed E-state index contributed by atoms with van der Waals surface area (Å²) in [5, 5.41) is 0. The molecule has 0 unspecified atom stereocenters. The summed E-state index contributed by atoms with van der Waals surface area (Å²) in [7, 11) is 0. The Labute approximate surface area is 196 Å². The van der Waals surface area contributed by atoms with Crippen molar-refractivity contribution in [2.45, 2.75) is 19.9 Å². The number of hydrogen-bond donors (Lipinski definition) is 0. The number of rotatable bonds is 6. The summed E-state index contributed by atoms with van der Waals surface area (Å²) < 4.78 is 0. The van der Waals surface area contributed by atoms with Crippen molar-refractivity contribution in [1.29, 1.82) is 0 Å². The smallest absolute Gasteiger partial charge is 0.286 e. The summed E-state index contributed by atoms with van der Waals surface area (Å²) in [5.41, 5.74) is 3.12. The molecule has 0 radical (unpaired) electrons. The molecule has 1 aromatic heterocycles. The third kappa shape index (κ3) is 3.81. The first-order valence-corrected chi connectivity index (χ1v) is 11.2. The number of hydrogen-bond acceptors (Lipinski definition) is 5. The minimum atomic E-state index is -0.519. The normalized spacial score (nSPS) is 12.8. The number of nitrogens with zero attached hydrogens (tertiary/aromatic N) is 4. The molecule has 3 aromatic carbocycles. The van der Waals surface area contributed by atoms with Gasteiger partial charge in [-0.3, -0.25) is 14.4 Å². The van der Waals surface area contributed by atoms with Crippen LogP contribution < -0.4 is 4.90 Å². The quantitative estimate of drug-likeness (QED) is 0.405. The van der Waals surface area contributed by atoms with Gasteiger partial charge in [-0.15, -0.1) is 0 Å². The van der Waals surface area contributed by atoms with Gasteiger partial charge in [-0.05, 0) is 48.4 Å². The highest BCUT2D eigenvalue weighted by Crippen LogP contribution is 2.28. The predicted octanol–water partition coefficient (Wildman–Crippen LogP) is 4.48. The van der Waals surface area contributed by atoms with E-state index in [1.807, 2.05) is 37.3 Å². The Morgan fingerprint density at radius 3 is 1.91 bits per heavy atom. The molecule has 0 atom stereocenters. The van der Waals surface area contributed by atoms with Gasteiger partial charge in [0.15, 0.2) is 11.4 Å². The number of carbonyl (C=O) groups is 3. The van der Waals surface area contributed by atoms with Gasteiger partial charge >= 0.3 is 0 Å². The molecule has 5 rings (SSSR count). The lowest BCUT2D eigenvalue weighted by Gasteiger charge is -2.23. The lowest BCUT2D eigenvalue weighted by molar-refractivity contribution is 0.0743. The summed E-state index contributed by atoms with van der Waals surface area (Å²) in [5.74, 6) is -1.14. The fraction of sp³-hybridized carbons (Fsp3) is 0.148. The number of fused-ring (bicyclic) bond motifs is 2. The van der Waals surface area contributed by atoms with E-state index in [2.05, 4.69) is 9.97 Å². The third-order valence-electron chi connectivity index (χ3n) is 5.75. The van der Waals surface area contributed by atoms with Gasteiger partial charge in [0.05, 0.1) is 16.7 Å². The van der Waals surface area contributed by atoms with Crippen LogP contribution in [0.4, 0.5) is 5.69 Å². The Balaban J connectivity index is 1.40. The number of para-hydroxylation sites is 2. The molecule has 1 aliphatic heterocycles. The summed E-state index contributed by atoms with van der Waals surface area (Å²) in [4.78, 5) is 50.7. The van der Waals surface area contributed by atoms with Gasteiger partial charge in [0, 0.05) is 18.7 Å². The molecular weight excluding hydrogens is 428 g/mol. The molecule has 0 saturated carbocycles. The van der Waals surface area contributed by atoms with Crippen molar-refractivity contribution in [3.63, 3.8) is 0 Å². The van der Waals surface area contributed by atoms with E-state index in [4.69, 9.17) is 0 Å². The van der Waals surface area contributed by atoms with Gasteiger partial charge in [-0.25, -0.2) is 14.9 Å². The molecule has 34 heavy (non-hydrogen) atoms. The second kappa shape index (κ2) is 8.86. The fourth-order valence-electron chi connectivity index (χ4n) is 4.10. The second-order valence-electron chi connectivity index (χ2n) is 8.11. The maximum atomic E-state index is 13.2. The third-order valence-corrected chi connectivity index (χ3v) is 5.75. The SMILES string of the molecule is CCCN(Cc1ccccc1)C(=O)c1ccc(N2C(=O)c3nc4ccccc4nc3C2=O)cc1. The number of anilines is 1. The summed E-state index contributed by atoms with van der Waals surface area (Å²) in [6, 6.07) is 23.5. The molecule has 0 spiro atoms. The Hall–Kier alpha value is -4.39. The zero-order valence-electron chi connectivity index (χ0n) is 18.6. The van der Waals surface area contributed by atoms with Crippen LogP contribution in [0.15, 0.2) is 78.9 Å². The molecule has 0 fully saturated rings. The van der Waals surface area contributed by atoms with Crippen molar-refractivity contribution in [2.24, 2.45) is 0 Å². The van der Waals surface area contributed by atoms with E-state index in [9.17, 15) is 14.4 Å². The van der Waals surface area contributed by atoms with Crippen molar-refractivity contribution < 1.29 is 14.4 Å². The van der Waals surface area contributed by atoms with Gasteiger partial charge in [0.25, 0.3) is 17.7 Å². The van der Waals surface area contributed by atoms with E-state index in [-0.39, 0.29) is 17.3 Å². The van der Waals surface area contributed by atoms with Crippen LogP contribution in [0.25, 0.3) is 11.0 Å². The molecule has 2 heterocycles. The van der Waals surface area contributed by atoms with Crippen molar-refractivity contribution in [1.82, 2.24) is 14.9 Å². The van der Waals surface area contributed by atoms with Crippen LogP contribution in [0, 0.1) is 0 Å². The van der Waals surface area contributed by atoms with E-state index >= 15 is 0 Å². The zero-order chi connectivity index (χ0) is 23.7. The second-order valence-corrected chi connectivity index (χ2v) is 8.11. The highest BCUT2D eigenvalue weighted by atomic mass is 16.2. The minimum absolute atomic E-state index is 0.0424. The molecule has 0 aliphatic carbocycles. The Morgan fingerprint density at radius 2 is 1.35 bits per heavy atom. The minimum Gasteiger partial charge on any atom is -0.334 e. The maximum absolute atomic E-state index is 13.2. The molecule has 7 heteroatoms. The highest BCUT2D eigenvalue weighted by molar-refractivity contribution is 6.33. The van der Waals surface area contributed by atoms with Gasteiger partial charge in [0.1, 0.15) is 0 Å². The molecule has 7 nitrogen and oxygen atoms in total. The topological polar surface area (TPSA) is 83.5 Å². The first-order chi connectivity index (χ1) is 16.6. The van der Waals surface area contributed by atoms with Gasteiger partial charge < -0.3 is 4.90 Å². The summed E-state index contributed by atoms with van der Waals surface area (Å²) in [6.45, 7) is 3.17. The van der Waals surface area contributed by atoms with Gasteiger partial charge in [-0.2, -0.15) is 0 Å². The predicted molar refractivity (Wildman–Crippen MR) is 129 cm³/mol. The van der Waals surface area contributed by atoms with Crippen LogP contribution >= 0.6 is 0 Å². The van der Waals surface area contributed by atoms with Crippen molar-refractivity contribution in [3.05, 3.63) is 101 Å². The first-order valence-electron chi connectivity index (χ1n) is 11.2. The average molecular weight is 450 g/mol. The largest absolute Gasteiger partial charge is 0.334 e. The van der Waals surface area contributed by atoms with E-state index in [0.717, 1.165) is 16.9 Å². The Kier molecular flexibility index (Phi) is 5.59. The van der Waals surface area contributed by atoms with Crippen LogP contribution in [0.3, 0.4) is 0 Å². The van der Waals surface area contributed by atoms with E-state index < -0.39 is 11.8 Å². The zero-order valence-corrected chi connectivity index (χ0v) is 18.6. The van der Waals surface area contributed by atoms with Crippen LogP contribution in [0.5, 0.6) is 0 Å². The van der Waals surface area contributed by atoms with Gasteiger partial charge in [0.2, 0.25) is 0 Å². The van der Waals surface area contributed by atoms with E-state index in [1.165, 1.54) is 0 Å². The number of amides is 3. The number of carbonyl (C=O) groups excluding carboxylic acids is 3. The molecule has 168 valence electrons. The molecule has 0 bridgehead atoms. The molecule has 0 saturated heterocycles. The van der Waals surface area contributed by atoms with Crippen LogP contribution in [0.2, 0.25) is 0 Å². The number of benzene rings is 3. The van der Waals surface area contributed by atoms with Crippen molar-refractivity contribution in [3.8, 4) is 0 Å². The number of aromatic nitrogens is 2. The molecule has 3 amide bonds. The Bertz CT molecular complexity index is 1350. The monoisotopic (exact) mass is 450 g/mol. The number of imide groups is 1. The lowest BCUT2D eigenvalue weighted by Crippen LogP contribution is -2.32. The summed E-state index contributed by atoms with van der Waals surface area (Å²) >= 11 is 0. The van der Waals surface area contributed by atoms with Crippen molar-refractivity contribution >= 4 is 34.4 Å². The standard InChI is InChI=1S/C27H22N4O3/c1-2-16-30(17-18-8-4-3-5-9-18)25(32)19-12-14-20(15-13-19)31-26(33)23-24(27(31)34)29-22-11-7-6-10-21(22)28-23/h3-15H,2,16-17H2,1H3. The van der Waals surface area contributed by atoms with E-state index in [0.29, 0.717) is 35.4 Å². The maximum Gasteiger partial charge on any atom is 0.286 e. The van der Waals surface area contributed by atoms with E-state index in [1.54, 1.807) is 53.4 Å². The van der Waals surface area contributed by atoms with Crippen LogP contribution in [0.1, 0.15) is 50.2 Å². The molecule has 0 N–H and O–H groups in total. The summed E-state index contributed by atoms with van der Waals surface area (Å²) in [6.07, 6.45) is 0.833. The first kappa shape index (κ1) is 21.5. The highest BCUT2D eigenvalue weighted by Gasteiger charge is 2.40. The van der Waals surface area contributed by atoms with Crippen molar-refractivity contribution in [2.75, 3.05) is 11.4 Å². The van der Waals surface area contributed by atoms with Gasteiger partial charge in [-0.1, -0.05) is 49.4 Å². The van der Waals surface area contributed by atoms with Crippen LogP contribution in [-0.4, -0.2) is 39.1 Å². The lowest BCUT2D eigenvalue weighted by atomic mass is 10.1. The Morgan fingerprint density at radius 1 is 0.794 bits per heavy atom.